The van der Waals surface area contributed by atoms with Gasteiger partial charge in [-0.3, -0.25) is 9.98 Å². The van der Waals surface area contributed by atoms with Gasteiger partial charge in [0.05, 0.1) is 30.6 Å². The minimum atomic E-state index is -0.0802. The predicted octanol–water partition coefficient (Wildman–Crippen LogP) is 3.72. The molecule has 2 aromatic heterocycles. The molecule has 3 N–H and O–H groups in total. The number of aliphatic imine (C=N–C) groups is 1. The van der Waals surface area contributed by atoms with Crippen molar-refractivity contribution in [1.82, 2.24) is 15.0 Å². The van der Waals surface area contributed by atoms with Crippen LogP contribution in [0.3, 0.4) is 0 Å². The third-order valence-corrected chi connectivity index (χ3v) is 4.07. The molecule has 0 saturated heterocycles. The van der Waals surface area contributed by atoms with Crippen molar-refractivity contribution >= 4 is 23.7 Å². The summed E-state index contributed by atoms with van der Waals surface area (Å²) < 4.78 is 0. The van der Waals surface area contributed by atoms with Crippen LogP contribution in [0.25, 0.3) is 0 Å². The lowest BCUT2D eigenvalue weighted by Gasteiger charge is -2.17. The van der Waals surface area contributed by atoms with Gasteiger partial charge in [0.25, 0.3) is 0 Å². The first kappa shape index (κ1) is 20.8. The number of nitrogens with one attached hydrogen (secondary N) is 2. The first-order valence-corrected chi connectivity index (χ1v) is 9.45. The third-order valence-electron chi connectivity index (χ3n) is 4.07. The summed E-state index contributed by atoms with van der Waals surface area (Å²) in [4.78, 5) is 18.1. The van der Waals surface area contributed by atoms with Gasteiger partial charge >= 0.3 is 0 Å². The lowest BCUT2D eigenvalue weighted by atomic mass is 10.1. The van der Waals surface area contributed by atoms with E-state index in [1.165, 1.54) is 0 Å². The van der Waals surface area contributed by atoms with Crippen LogP contribution in [0.4, 0.5) is 17.5 Å². The third kappa shape index (κ3) is 6.60. The molecule has 0 bridgehead atoms. The van der Waals surface area contributed by atoms with Crippen molar-refractivity contribution in [2.24, 2.45) is 10.9 Å². The van der Waals surface area contributed by atoms with Crippen molar-refractivity contribution in [3.05, 3.63) is 35.8 Å². The summed E-state index contributed by atoms with van der Waals surface area (Å²) in [5.41, 5.74) is 2.43. The van der Waals surface area contributed by atoms with Gasteiger partial charge in [0.1, 0.15) is 5.69 Å². The summed E-state index contributed by atoms with van der Waals surface area (Å²) >= 11 is 0. The minimum Gasteiger partial charge on any atom is -0.394 e. The maximum Gasteiger partial charge on any atom is 0.225 e. The summed E-state index contributed by atoms with van der Waals surface area (Å²) in [6.45, 7) is 8.81. The van der Waals surface area contributed by atoms with Crippen LogP contribution in [-0.2, 0) is 6.54 Å². The minimum absolute atomic E-state index is 0.0316. The van der Waals surface area contributed by atoms with Crippen molar-refractivity contribution in [3.63, 3.8) is 0 Å². The van der Waals surface area contributed by atoms with Crippen LogP contribution in [0, 0.1) is 12.8 Å². The SMILES string of the molecule is CCC(CO)Nc1nc(C)c(N=CCC(C)C)c(NCc2ccccn2)n1. The van der Waals surface area contributed by atoms with Crippen molar-refractivity contribution in [2.75, 3.05) is 17.2 Å². The Morgan fingerprint density at radius 3 is 2.70 bits per heavy atom. The summed E-state index contributed by atoms with van der Waals surface area (Å²) in [5, 5.41) is 15.9. The highest BCUT2D eigenvalue weighted by Crippen LogP contribution is 2.28. The molecular weight excluding hydrogens is 340 g/mol. The lowest BCUT2D eigenvalue weighted by Crippen LogP contribution is -2.24. The zero-order chi connectivity index (χ0) is 19.6. The molecule has 0 fully saturated rings. The number of hydrogen-bond donors (Lipinski definition) is 3. The molecule has 0 amide bonds. The number of rotatable bonds is 10. The quantitative estimate of drug-likeness (QED) is 0.552. The van der Waals surface area contributed by atoms with Crippen molar-refractivity contribution in [1.29, 1.82) is 0 Å². The second-order valence-electron chi connectivity index (χ2n) is 6.88. The molecule has 0 aliphatic carbocycles. The number of aliphatic hydroxyl groups is 1. The molecule has 146 valence electrons. The smallest absolute Gasteiger partial charge is 0.225 e. The van der Waals surface area contributed by atoms with Crippen molar-refractivity contribution in [3.8, 4) is 0 Å². The number of anilines is 2. The molecule has 27 heavy (non-hydrogen) atoms. The number of nitrogens with zero attached hydrogens (tertiary/aromatic N) is 4. The average Bonchev–Trinajstić information content (AvgIpc) is 2.66. The molecule has 0 aliphatic heterocycles. The van der Waals surface area contributed by atoms with Crippen molar-refractivity contribution < 1.29 is 5.11 Å². The van der Waals surface area contributed by atoms with Crippen LogP contribution < -0.4 is 10.6 Å². The Kier molecular flexibility index (Phi) is 8.13. The molecule has 0 aromatic carbocycles. The van der Waals surface area contributed by atoms with Gasteiger partial charge in [0.15, 0.2) is 5.82 Å². The van der Waals surface area contributed by atoms with E-state index in [9.17, 15) is 5.11 Å². The number of aryl methyl sites for hydroxylation is 1. The van der Waals surface area contributed by atoms with E-state index in [1.807, 2.05) is 38.3 Å². The average molecular weight is 371 g/mol. The van der Waals surface area contributed by atoms with Gasteiger partial charge in [-0.15, -0.1) is 0 Å². The van der Waals surface area contributed by atoms with Crippen LogP contribution in [0.5, 0.6) is 0 Å². The Balaban J connectivity index is 2.28. The van der Waals surface area contributed by atoms with E-state index >= 15 is 0 Å². The van der Waals surface area contributed by atoms with Crippen LogP contribution in [-0.4, -0.2) is 38.9 Å². The van der Waals surface area contributed by atoms with Gasteiger partial charge in [-0.2, -0.15) is 4.98 Å². The van der Waals surface area contributed by atoms with Gasteiger partial charge in [0, 0.05) is 12.4 Å². The Bertz CT molecular complexity index is 729. The zero-order valence-electron chi connectivity index (χ0n) is 16.6. The standard InChI is InChI=1S/C20H30N6O/c1-5-16(13-27)25-20-24-15(4)18(22-11-9-14(2)3)19(26-20)23-12-17-8-6-7-10-21-17/h6-8,10-11,14,16,27H,5,9,12-13H2,1-4H3,(H2,23,24,25,26). The van der Waals surface area contributed by atoms with Crippen LogP contribution in [0.15, 0.2) is 29.4 Å². The van der Waals surface area contributed by atoms with E-state index < -0.39 is 0 Å². The highest BCUT2D eigenvalue weighted by atomic mass is 16.3. The molecular formula is C20H30N6O. The molecule has 0 saturated carbocycles. The Morgan fingerprint density at radius 1 is 1.26 bits per heavy atom. The Hall–Kier alpha value is -2.54. The highest BCUT2D eigenvalue weighted by molar-refractivity contribution is 5.72. The van der Waals surface area contributed by atoms with Gasteiger partial charge < -0.3 is 15.7 Å². The summed E-state index contributed by atoms with van der Waals surface area (Å²) in [6, 6.07) is 5.72. The number of aromatic nitrogens is 3. The monoisotopic (exact) mass is 370 g/mol. The lowest BCUT2D eigenvalue weighted by molar-refractivity contribution is 0.271. The maximum absolute atomic E-state index is 9.44. The highest BCUT2D eigenvalue weighted by Gasteiger charge is 2.13. The number of pyridine rings is 1. The van der Waals surface area contributed by atoms with Crippen LogP contribution in [0.2, 0.25) is 0 Å². The molecule has 7 nitrogen and oxygen atoms in total. The molecule has 1 atom stereocenters. The molecule has 2 rings (SSSR count). The zero-order valence-corrected chi connectivity index (χ0v) is 16.6. The molecule has 2 heterocycles. The Labute approximate surface area is 161 Å². The number of hydrogen-bond acceptors (Lipinski definition) is 7. The molecule has 7 heteroatoms. The summed E-state index contributed by atoms with van der Waals surface area (Å²) in [6.07, 6.45) is 5.35. The van der Waals surface area contributed by atoms with E-state index in [0.717, 1.165) is 29.9 Å². The molecule has 0 aliphatic rings. The summed E-state index contributed by atoms with van der Waals surface area (Å²) in [5.74, 6) is 1.68. The second-order valence-corrected chi connectivity index (χ2v) is 6.88. The Morgan fingerprint density at radius 2 is 2.07 bits per heavy atom. The second kappa shape index (κ2) is 10.6. The van der Waals surface area contributed by atoms with Gasteiger partial charge in [0.2, 0.25) is 5.95 Å². The summed E-state index contributed by atoms with van der Waals surface area (Å²) in [7, 11) is 0. The topological polar surface area (TPSA) is 95.3 Å². The van der Waals surface area contributed by atoms with Crippen molar-refractivity contribution in [2.45, 2.75) is 53.1 Å². The predicted molar refractivity (Wildman–Crippen MR) is 111 cm³/mol. The van der Waals surface area contributed by atoms with E-state index in [2.05, 4.69) is 44.4 Å². The van der Waals surface area contributed by atoms with Crippen LogP contribution >= 0.6 is 0 Å². The van der Waals surface area contributed by atoms with E-state index in [4.69, 9.17) is 0 Å². The molecule has 1 unspecified atom stereocenters. The normalized spacial score (nSPS) is 12.5. The molecule has 2 aromatic rings. The fourth-order valence-corrected chi connectivity index (χ4v) is 2.40. The van der Waals surface area contributed by atoms with Gasteiger partial charge in [-0.1, -0.05) is 26.8 Å². The fourth-order valence-electron chi connectivity index (χ4n) is 2.40. The van der Waals surface area contributed by atoms with E-state index in [1.54, 1.807) is 6.20 Å². The maximum atomic E-state index is 9.44. The number of aliphatic hydroxyl groups excluding tert-OH is 1. The van der Waals surface area contributed by atoms with Gasteiger partial charge in [-0.25, -0.2) is 4.98 Å². The first-order valence-electron chi connectivity index (χ1n) is 9.45. The van der Waals surface area contributed by atoms with Gasteiger partial charge in [-0.05, 0) is 37.8 Å². The van der Waals surface area contributed by atoms with E-state index in [-0.39, 0.29) is 12.6 Å². The molecule has 0 radical (unpaired) electrons. The fraction of sp³-hybridized carbons (Fsp3) is 0.500. The van der Waals surface area contributed by atoms with E-state index in [0.29, 0.717) is 24.2 Å². The first-order chi connectivity index (χ1) is 13.0. The largest absolute Gasteiger partial charge is 0.394 e. The van der Waals surface area contributed by atoms with Crippen LogP contribution in [0.1, 0.15) is 45.0 Å². The molecule has 0 spiro atoms.